The van der Waals surface area contributed by atoms with E-state index >= 15 is 0 Å². The zero-order valence-corrected chi connectivity index (χ0v) is 12.4. The molecule has 1 aromatic rings. The molecule has 2 aliphatic rings. The van der Waals surface area contributed by atoms with E-state index in [4.69, 9.17) is 9.47 Å². The molecule has 0 heterocycles. The summed E-state index contributed by atoms with van der Waals surface area (Å²) in [6.07, 6.45) is 8.31. The number of carbonyl (C=O) groups excluding carboxylic acids is 1. The van der Waals surface area contributed by atoms with Gasteiger partial charge < -0.3 is 14.8 Å². The van der Waals surface area contributed by atoms with Crippen LogP contribution >= 0.6 is 0 Å². The molecule has 1 N–H and O–H groups in total. The number of hydrogen-bond acceptors (Lipinski definition) is 4. The molecule has 0 radical (unpaired) electrons. The first-order valence-corrected chi connectivity index (χ1v) is 7.61. The molecule has 0 aromatic heterocycles. The second-order valence-corrected chi connectivity index (χ2v) is 5.59. The van der Waals surface area contributed by atoms with Crippen LogP contribution in [0.25, 0.3) is 0 Å². The fourth-order valence-electron chi connectivity index (χ4n) is 2.90. The van der Waals surface area contributed by atoms with Gasteiger partial charge in [-0.1, -0.05) is 6.08 Å². The van der Waals surface area contributed by atoms with Crippen LogP contribution in [0.5, 0.6) is 11.5 Å². The lowest BCUT2D eigenvalue weighted by Gasteiger charge is -2.17. The van der Waals surface area contributed by atoms with Gasteiger partial charge in [-0.25, -0.2) is 0 Å². The van der Waals surface area contributed by atoms with Crippen LogP contribution in [0.3, 0.4) is 0 Å². The van der Waals surface area contributed by atoms with E-state index in [9.17, 15) is 4.79 Å². The lowest BCUT2D eigenvalue weighted by Crippen LogP contribution is -2.12. The van der Waals surface area contributed by atoms with Crippen LogP contribution in [0.4, 0.5) is 5.69 Å². The second kappa shape index (κ2) is 6.20. The van der Waals surface area contributed by atoms with Gasteiger partial charge in [-0.15, -0.1) is 0 Å². The molecule has 4 nitrogen and oxygen atoms in total. The van der Waals surface area contributed by atoms with Crippen LogP contribution in [0.2, 0.25) is 0 Å². The molecule has 0 bridgehead atoms. The number of hydrogen-bond donors (Lipinski definition) is 1. The largest absolute Gasteiger partial charge is 0.493 e. The highest BCUT2D eigenvalue weighted by Crippen LogP contribution is 2.34. The predicted molar refractivity (Wildman–Crippen MR) is 81.8 cm³/mol. The molecule has 1 fully saturated rings. The third kappa shape index (κ3) is 3.20. The highest BCUT2D eigenvalue weighted by atomic mass is 16.5. The number of rotatable bonds is 5. The summed E-state index contributed by atoms with van der Waals surface area (Å²) in [4.78, 5) is 11.7. The molecule has 1 saturated carbocycles. The first-order chi connectivity index (χ1) is 10.3. The van der Waals surface area contributed by atoms with Crippen molar-refractivity contribution in [3.8, 4) is 11.5 Å². The lowest BCUT2D eigenvalue weighted by atomic mass is 10.2. The molecular weight excluding hydrogens is 266 g/mol. The average molecular weight is 287 g/mol. The summed E-state index contributed by atoms with van der Waals surface area (Å²) in [7, 11) is 1.65. The fourth-order valence-corrected chi connectivity index (χ4v) is 2.90. The SMILES string of the molecule is COc1ccc(NC2=CCCC2=O)cc1OC1CCCC1. The Morgan fingerprint density at radius 3 is 2.67 bits per heavy atom. The Balaban J connectivity index is 1.77. The van der Waals surface area contributed by atoms with Crippen molar-refractivity contribution in [1.82, 2.24) is 0 Å². The Hall–Kier alpha value is -1.97. The maximum absolute atomic E-state index is 11.7. The summed E-state index contributed by atoms with van der Waals surface area (Å²) >= 11 is 0. The van der Waals surface area contributed by atoms with E-state index in [0.29, 0.717) is 12.1 Å². The molecule has 21 heavy (non-hydrogen) atoms. The van der Waals surface area contributed by atoms with Crippen molar-refractivity contribution in [2.24, 2.45) is 0 Å². The van der Waals surface area contributed by atoms with Gasteiger partial charge in [0, 0.05) is 18.2 Å². The number of carbonyl (C=O) groups is 1. The van der Waals surface area contributed by atoms with E-state index in [1.165, 1.54) is 12.8 Å². The molecule has 3 rings (SSSR count). The molecule has 0 atom stereocenters. The van der Waals surface area contributed by atoms with Crippen molar-refractivity contribution in [3.63, 3.8) is 0 Å². The average Bonchev–Trinajstić information content (AvgIpc) is 3.12. The first-order valence-electron chi connectivity index (χ1n) is 7.61. The van der Waals surface area contributed by atoms with Crippen LogP contribution < -0.4 is 14.8 Å². The van der Waals surface area contributed by atoms with Crippen molar-refractivity contribution in [2.45, 2.75) is 44.6 Å². The van der Waals surface area contributed by atoms with Gasteiger partial charge in [-0.2, -0.15) is 0 Å². The van der Waals surface area contributed by atoms with Crippen LogP contribution in [0.15, 0.2) is 30.0 Å². The van der Waals surface area contributed by atoms with E-state index in [-0.39, 0.29) is 11.9 Å². The summed E-state index contributed by atoms with van der Waals surface area (Å²) in [5.74, 6) is 1.66. The van der Waals surface area contributed by atoms with Crippen LogP contribution in [-0.2, 0) is 4.79 Å². The van der Waals surface area contributed by atoms with Gasteiger partial charge in [0.15, 0.2) is 17.3 Å². The van der Waals surface area contributed by atoms with Gasteiger partial charge >= 0.3 is 0 Å². The Bertz CT molecular complexity index is 559. The molecule has 1 aromatic carbocycles. The summed E-state index contributed by atoms with van der Waals surface area (Å²) in [5.41, 5.74) is 1.55. The smallest absolute Gasteiger partial charge is 0.178 e. The van der Waals surface area contributed by atoms with Crippen LogP contribution in [0.1, 0.15) is 38.5 Å². The molecule has 4 heteroatoms. The third-order valence-corrected chi connectivity index (χ3v) is 4.06. The van der Waals surface area contributed by atoms with Gasteiger partial charge in [-0.05, 0) is 44.2 Å². The predicted octanol–water partition coefficient (Wildman–Crippen LogP) is 3.68. The second-order valence-electron chi connectivity index (χ2n) is 5.59. The Kier molecular flexibility index (Phi) is 4.13. The standard InChI is InChI=1S/C17H21NO3/c1-20-16-10-9-12(18-14-7-4-8-15(14)19)11-17(16)21-13-5-2-3-6-13/h7,9-11,13,18H,2-6,8H2,1H3. The van der Waals surface area contributed by atoms with E-state index < -0.39 is 0 Å². The number of anilines is 1. The van der Waals surface area contributed by atoms with Gasteiger partial charge in [0.2, 0.25) is 0 Å². The van der Waals surface area contributed by atoms with Gasteiger partial charge in [0.25, 0.3) is 0 Å². The van der Waals surface area contributed by atoms with Crippen LogP contribution in [0, 0.1) is 0 Å². The Morgan fingerprint density at radius 1 is 1.19 bits per heavy atom. The Morgan fingerprint density at radius 2 is 2.00 bits per heavy atom. The fraction of sp³-hybridized carbons (Fsp3) is 0.471. The van der Waals surface area contributed by atoms with E-state index in [2.05, 4.69) is 5.32 Å². The minimum atomic E-state index is 0.170. The maximum Gasteiger partial charge on any atom is 0.178 e. The number of ketones is 1. The number of benzene rings is 1. The maximum atomic E-state index is 11.7. The number of allylic oxidation sites excluding steroid dienone is 2. The highest BCUT2D eigenvalue weighted by Gasteiger charge is 2.19. The van der Waals surface area contributed by atoms with E-state index in [1.807, 2.05) is 24.3 Å². The van der Waals surface area contributed by atoms with Crippen LogP contribution in [-0.4, -0.2) is 19.0 Å². The molecular formula is C17H21NO3. The minimum Gasteiger partial charge on any atom is -0.493 e. The van der Waals surface area contributed by atoms with Gasteiger partial charge in [-0.3, -0.25) is 4.79 Å². The quantitative estimate of drug-likeness (QED) is 0.897. The monoisotopic (exact) mass is 287 g/mol. The van der Waals surface area contributed by atoms with Crippen molar-refractivity contribution >= 4 is 11.5 Å². The molecule has 112 valence electrons. The minimum absolute atomic E-state index is 0.170. The summed E-state index contributed by atoms with van der Waals surface area (Å²) in [5, 5.41) is 3.18. The van der Waals surface area contributed by atoms with Crippen molar-refractivity contribution in [1.29, 1.82) is 0 Å². The summed E-state index contributed by atoms with van der Waals surface area (Å²) in [6, 6.07) is 5.71. The first kappa shape index (κ1) is 14.0. The topological polar surface area (TPSA) is 47.6 Å². The normalized spacial score (nSPS) is 18.7. The number of methoxy groups -OCH3 is 1. The van der Waals surface area contributed by atoms with Crippen molar-refractivity contribution in [3.05, 3.63) is 30.0 Å². The summed E-state index contributed by atoms with van der Waals surface area (Å²) < 4.78 is 11.4. The number of nitrogens with one attached hydrogen (secondary N) is 1. The zero-order chi connectivity index (χ0) is 14.7. The number of Topliss-reactive ketones (excluding diaryl/α,β-unsaturated/α-hetero) is 1. The van der Waals surface area contributed by atoms with E-state index in [0.717, 1.165) is 36.4 Å². The summed E-state index contributed by atoms with van der Waals surface area (Å²) in [6.45, 7) is 0. The molecule has 2 aliphatic carbocycles. The van der Waals surface area contributed by atoms with Gasteiger partial charge in [0.05, 0.1) is 18.9 Å². The number of ether oxygens (including phenoxy) is 2. The van der Waals surface area contributed by atoms with Gasteiger partial charge in [0.1, 0.15) is 0 Å². The molecule has 0 spiro atoms. The van der Waals surface area contributed by atoms with Crippen molar-refractivity contribution in [2.75, 3.05) is 12.4 Å². The third-order valence-electron chi connectivity index (χ3n) is 4.06. The molecule has 0 aliphatic heterocycles. The van der Waals surface area contributed by atoms with E-state index in [1.54, 1.807) is 7.11 Å². The molecule has 0 unspecified atom stereocenters. The lowest BCUT2D eigenvalue weighted by molar-refractivity contribution is -0.114. The molecule has 0 amide bonds. The zero-order valence-electron chi connectivity index (χ0n) is 12.4. The highest BCUT2D eigenvalue weighted by molar-refractivity contribution is 6.00. The molecule has 0 saturated heterocycles. The van der Waals surface area contributed by atoms with Crippen molar-refractivity contribution < 1.29 is 14.3 Å². The Labute approximate surface area is 125 Å².